The molecular weight excluding hydrogens is 262 g/mol. The zero-order chi connectivity index (χ0) is 13.4. The Bertz CT molecular complexity index is 750. The molecule has 0 aromatic carbocycles. The lowest BCUT2D eigenvalue weighted by Crippen LogP contribution is -1.97. The molecule has 19 heavy (non-hydrogen) atoms. The van der Waals surface area contributed by atoms with Gasteiger partial charge in [-0.1, -0.05) is 11.6 Å². The summed E-state index contributed by atoms with van der Waals surface area (Å²) in [6.07, 6.45) is 1.75. The highest BCUT2D eigenvalue weighted by atomic mass is 35.5. The second kappa shape index (κ2) is 4.51. The van der Waals surface area contributed by atoms with Crippen molar-refractivity contribution in [3.8, 4) is 11.3 Å². The fraction of sp³-hybridized carbons (Fsp3) is 0.154. The zero-order valence-corrected chi connectivity index (χ0v) is 11.3. The van der Waals surface area contributed by atoms with Gasteiger partial charge in [-0.05, 0) is 31.2 Å². The normalized spacial score (nSPS) is 10.9. The molecule has 0 fully saturated rings. The molecule has 0 amide bonds. The van der Waals surface area contributed by atoms with Crippen LogP contribution in [0.25, 0.3) is 16.9 Å². The second-order valence-electron chi connectivity index (χ2n) is 4.15. The van der Waals surface area contributed by atoms with Crippen molar-refractivity contribution in [2.45, 2.75) is 6.92 Å². The fourth-order valence-electron chi connectivity index (χ4n) is 2.07. The number of aryl methyl sites for hydroxylation is 1. The predicted molar refractivity (Wildman–Crippen MR) is 75.5 cm³/mol. The summed E-state index contributed by atoms with van der Waals surface area (Å²) in [6.45, 7) is 1.96. The quantitative estimate of drug-likeness (QED) is 0.780. The summed E-state index contributed by atoms with van der Waals surface area (Å²) in [5, 5.41) is 7.77. The van der Waals surface area contributed by atoms with Crippen LogP contribution in [0.2, 0.25) is 5.15 Å². The number of hydrogen-bond acceptors (Lipinski definition) is 4. The summed E-state index contributed by atoms with van der Waals surface area (Å²) < 4.78 is 1.76. The van der Waals surface area contributed by atoms with Gasteiger partial charge in [0, 0.05) is 18.8 Å². The first kappa shape index (κ1) is 11.9. The third-order valence-electron chi connectivity index (χ3n) is 2.91. The Labute approximate surface area is 115 Å². The number of aromatic nitrogens is 4. The first-order chi connectivity index (χ1) is 9.19. The highest BCUT2D eigenvalue weighted by molar-refractivity contribution is 6.29. The molecule has 3 heterocycles. The standard InChI is InChI=1S/C13H12ClN5/c1-8-13(9-5-6-16-11(7-9)15-2)19-12(17-8)4-3-10(14)18-19/h3-7H,1-2H3,(H,15,16). The third kappa shape index (κ3) is 2.02. The van der Waals surface area contributed by atoms with Crippen LogP contribution in [0, 0.1) is 6.92 Å². The Balaban J connectivity index is 2.28. The molecule has 3 aromatic heterocycles. The summed E-state index contributed by atoms with van der Waals surface area (Å²) in [5.74, 6) is 0.800. The molecule has 1 N–H and O–H groups in total. The number of pyridine rings is 1. The van der Waals surface area contributed by atoms with E-state index in [0.29, 0.717) is 5.15 Å². The van der Waals surface area contributed by atoms with Gasteiger partial charge in [0.1, 0.15) is 11.0 Å². The first-order valence-electron chi connectivity index (χ1n) is 5.85. The van der Waals surface area contributed by atoms with Crippen molar-refractivity contribution in [1.29, 1.82) is 0 Å². The van der Waals surface area contributed by atoms with Gasteiger partial charge in [0.2, 0.25) is 0 Å². The lowest BCUT2D eigenvalue weighted by Gasteiger charge is -2.05. The van der Waals surface area contributed by atoms with Crippen LogP contribution in [-0.4, -0.2) is 26.6 Å². The highest BCUT2D eigenvalue weighted by Gasteiger charge is 2.12. The number of halogens is 1. The molecule has 0 aliphatic carbocycles. The minimum absolute atomic E-state index is 0.439. The van der Waals surface area contributed by atoms with Crippen molar-refractivity contribution in [2.24, 2.45) is 0 Å². The summed E-state index contributed by atoms with van der Waals surface area (Å²) in [5.41, 5.74) is 3.61. The van der Waals surface area contributed by atoms with Gasteiger partial charge in [0.25, 0.3) is 0 Å². The van der Waals surface area contributed by atoms with Gasteiger partial charge in [-0.2, -0.15) is 5.10 Å². The number of nitrogens with one attached hydrogen (secondary N) is 1. The summed E-state index contributed by atoms with van der Waals surface area (Å²) >= 11 is 5.96. The van der Waals surface area contributed by atoms with E-state index in [1.807, 2.05) is 32.2 Å². The lowest BCUT2D eigenvalue weighted by atomic mass is 10.1. The van der Waals surface area contributed by atoms with Gasteiger partial charge < -0.3 is 5.32 Å². The molecule has 0 atom stereocenters. The van der Waals surface area contributed by atoms with Crippen molar-refractivity contribution in [1.82, 2.24) is 19.6 Å². The molecule has 0 spiro atoms. The van der Waals surface area contributed by atoms with E-state index in [9.17, 15) is 0 Å². The number of anilines is 1. The maximum Gasteiger partial charge on any atom is 0.154 e. The molecule has 0 bridgehead atoms. The molecule has 0 radical (unpaired) electrons. The van der Waals surface area contributed by atoms with Crippen LogP contribution in [0.1, 0.15) is 5.69 Å². The van der Waals surface area contributed by atoms with Crippen LogP contribution in [0.3, 0.4) is 0 Å². The van der Waals surface area contributed by atoms with Crippen molar-refractivity contribution >= 4 is 23.1 Å². The van der Waals surface area contributed by atoms with Crippen molar-refractivity contribution in [2.75, 3.05) is 12.4 Å². The van der Waals surface area contributed by atoms with Gasteiger partial charge in [-0.25, -0.2) is 14.5 Å². The highest BCUT2D eigenvalue weighted by Crippen LogP contribution is 2.25. The number of hydrogen-bond donors (Lipinski definition) is 1. The molecule has 5 nitrogen and oxygen atoms in total. The summed E-state index contributed by atoms with van der Waals surface area (Å²) in [4.78, 5) is 8.69. The predicted octanol–water partition coefficient (Wildman–Crippen LogP) is 2.79. The second-order valence-corrected chi connectivity index (χ2v) is 4.54. The lowest BCUT2D eigenvalue weighted by molar-refractivity contribution is 0.942. The van der Waals surface area contributed by atoms with Crippen LogP contribution < -0.4 is 5.32 Å². The maximum absolute atomic E-state index is 5.96. The Morgan fingerprint density at radius 1 is 1.26 bits per heavy atom. The average molecular weight is 274 g/mol. The van der Waals surface area contributed by atoms with Gasteiger partial charge >= 0.3 is 0 Å². The molecule has 96 valence electrons. The van der Waals surface area contributed by atoms with Crippen LogP contribution >= 0.6 is 11.6 Å². The van der Waals surface area contributed by atoms with E-state index in [-0.39, 0.29) is 0 Å². The van der Waals surface area contributed by atoms with E-state index in [1.165, 1.54) is 0 Å². The largest absolute Gasteiger partial charge is 0.373 e. The van der Waals surface area contributed by atoms with Gasteiger partial charge in [-0.15, -0.1) is 0 Å². The van der Waals surface area contributed by atoms with E-state index in [2.05, 4.69) is 20.4 Å². The minimum atomic E-state index is 0.439. The van der Waals surface area contributed by atoms with E-state index in [4.69, 9.17) is 11.6 Å². The smallest absolute Gasteiger partial charge is 0.154 e. The summed E-state index contributed by atoms with van der Waals surface area (Å²) in [7, 11) is 1.84. The number of rotatable bonds is 2. The SMILES string of the molecule is CNc1cc(-c2c(C)nc3ccc(Cl)nn23)ccn1. The average Bonchev–Trinajstić information content (AvgIpc) is 2.74. The van der Waals surface area contributed by atoms with Crippen LogP contribution in [0.5, 0.6) is 0 Å². The Hall–Kier alpha value is -2.14. The zero-order valence-electron chi connectivity index (χ0n) is 10.6. The molecule has 0 saturated heterocycles. The first-order valence-corrected chi connectivity index (χ1v) is 6.23. The molecular formula is C13H12ClN5. The Morgan fingerprint density at radius 2 is 2.11 bits per heavy atom. The topological polar surface area (TPSA) is 55.1 Å². The maximum atomic E-state index is 5.96. The molecule has 0 saturated carbocycles. The molecule has 3 aromatic rings. The Kier molecular flexibility index (Phi) is 2.83. The number of nitrogens with zero attached hydrogens (tertiary/aromatic N) is 4. The minimum Gasteiger partial charge on any atom is -0.373 e. The van der Waals surface area contributed by atoms with Crippen molar-refractivity contribution in [3.05, 3.63) is 41.3 Å². The Morgan fingerprint density at radius 3 is 2.89 bits per heavy atom. The molecule has 6 heteroatoms. The van der Waals surface area contributed by atoms with E-state index >= 15 is 0 Å². The van der Waals surface area contributed by atoms with Crippen molar-refractivity contribution < 1.29 is 0 Å². The molecule has 0 aliphatic heterocycles. The van der Waals surface area contributed by atoms with E-state index < -0.39 is 0 Å². The molecule has 0 aliphatic rings. The molecule has 0 unspecified atom stereocenters. The van der Waals surface area contributed by atoms with E-state index in [0.717, 1.165) is 28.4 Å². The fourth-order valence-corrected chi connectivity index (χ4v) is 2.21. The third-order valence-corrected chi connectivity index (χ3v) is 3.11. The van der Waals surface area contributed by atoms with Gasteiger partial charge in [0.15, 0.2) is 5.65 Å². The summed E-state index contributed by atoms with van der Waals surface area (Å²) in [6, 6.07) is 7.48. The van der Waals surface area contributed by atoms with Gasteiger partial charge in [-0.3, -0.25) is 0 Å². The van der Waals surface area contributed by atoms with Crippen LogP contribution in [0.15, 0.2) is 30.5 Å². The monoisotopic (exact) mass is 273 g/mol. The van der Waals surface area contributed by atoms with E-state index in [1.54, 1.807) is 16.8 Å². The number of imidazole rings is 1. The number of fused-ring (bicyclic) bond motifs is 1. The van der Waals surface area contributed by atoms with Crippen LogP contribution in [0.4, 0.5) is 5.82 Å². The molecule has 3 rings (SSSR count). The van der Waals surface area contributed by atoms with Crippen LogP contribution in [-0.2, 0) is 0 Å². The van der Waals surface area contributed by atoms with Gasteiger partial charge in [0.05, 0.1) is 11.4 Å². The van der Waals surface area contributed by atoms with Crippen molar-refractivity contribution in [3.63, 3.8) is 0 Å².